The van der Waals surface area contributed by atoms with E-state index in [0.717, 1.165) is 23.2 Å². The van der Waals surface area contributed by atoms with Crippen molar-refractivity contribution in [2.75, 3.05) is 27.2 Å². The lowest BCUT2D eigenvalue weighted by molar-refractivity contribution is -0.897. The van der Waals surface area contributed by atoms with Crippen molar-refractivity contribution in [1.82, 2.24) is 0 Å². The fourth-order valence-electron chi connectivity index (χ4n) is 3.18. The van der Waals surface area contributed by atoms with Gasteiger partial charge >= 0.3 is 0 Å². The molecule has 1 atom stereocenters. The van der Waals surface area contributed by atoms with Crippen molar-refractivity contribution in [3.63, 3.8) is 0 Å². The molecule has 0 bridgehead atoms. The van der Waals surface area contributed by atoms with Crippen molar-refractivity contribution >= 4 is 12.2 Å². The Kier molecular flexibility index (Phi) is 4.82. The third kappa shape index (κ3) is 4.70. The molecule has 3 rings (SSSR count). The van der Waals surface area contributed by atoms with Gasteiger partial charge in [0.2, 0.25) is 0 Å². The van der Waals surface area contributed by atoms with Gasteiger partial charge in [-0.05, 0) is 29.7 Å². The maximum absolute atomic E-state index is 6.17. The smallest absolute Gasteiger partial charge is 0.148 e. The molecule has 2 heteroatoms. The number of piperidine rings is 1. The molecule has 0 aromatic heterocycles. The van der Waals surface area contributed by atoms with E-state index < -0.39 is 0 Å². The van der Waals surface area contributed by atoms with Gasteiger partial charge in [-0.25, -0.2) is 0 Å². The molecule has 120 valence electrons. The summed E-state index contributed by atoms with van der Waals surface area (Å²) in [5.41, 5.74) is 2.41. The predicted molar refractivity (Wildman–Crippen MR) is 97.3 cm³/mol. The van der Waals surface area contributed by atoms with Crippen LogP contribution in [-0.4, -0.2) is 37.8 Å². The summed E-state index contributed by atoms with van der Waals surface area (Å²) in [7, 11) is 4.57. The van der Waals surface area contributed by atoms with Gasteiger partial charge in [0.05, 0.1) is 20.6 Å². The van der Waals surface area contributed by atoms with E-state index in [1.165, 1.54) is 24.1 Å². The second-order valence-corrected chi connectivity index (χ2v) is 7.04. The van der Waals surface area contributed by atoms with Crippen molar-refractivity contribution in [1.29, 1.82) is 0 Å². The van der Waals surface area contributed by atoms with E-state index in [4.69, 9.17) is 4.74 Å². The van der Waals surface area contributed by atoms with Gasteiger partial charge in [-0.15, -0.1) is 0 Å². The molecule has 1 aliphatic heterocycles. The Hall–Kier alpha value is -2.06. The number of benzene rings is 2. The summed E-state index contributed by atoms with van der Waals surface area (Å²) in [6, 6.07) is 18.8. The highest BCUT2D eigenvalue weighted by Gasteiger charge is 2.28. The summed E-state index contributed by atoms with van der Waals surface area (Å²) < 4.78 is 7.23. The minimum atomic E-state index is 0.337. The topological polar surface area (TPSA) is 9.23 Å². The Morgan fingerprint density at radius 2 is 1.57 bits per heavy atom. The van der Waals surface area contributed by atoms with Gasteiger partial charge in [0, 0.05) is 6.42 Å². The first-order chi connectivity index (χ1) is 11.1. The molecule has 0 saturated carbocycles. The molecule has 1 heterocycles. The summed E-state index contributed by atoms with van der Waals surface area (Å²) in [5.74, 6) is 0.980. The van der Waals surface area contributed by atoms with Crippen LogP contribution in [0.3, 0.4) is 0 Å². The molecule has 2 nitrogen and oxygen atoms in total. The number of rotatable bonds is 4. The lowest BCUT2D eigenvalue weighted by atomic mass is 10.1. The maximum Gasteiger partial charge on any atom is 0.148 e. The molecular weight excluding hydrogens is 282 g/mol. The molecule has 1 unspecified atom stereocenters. The van der Waals surface area contributed by atoms with Crippen LogP contribution in [0.25, 0.3) is 12.2 Å². The first-order valence-electron chi connectivity index (χ1n) is 8.43. The standard InChI is InChI=1S/C21H26NO/c1-22(2)16-6-9-21(17-22)23-20-14-12-19(13-15-20)11-10-18-7-4-3-5-8-18/h3-5,7-8,10-15,21H,6,9,16-17H2,1-2H3/q+1. The van der Waals surface area contributed by atoms with Crippen LogP contribution in [0.4, 0.5) is 0 Å². The van der Waals surface area contributed by atoms with Gasteiger partial charge in [0.15, 0.2) is 0 Å². The third-order valence-electron chi connectivity index (χ3n) is 4.44. The molecule has 1 aliphatic rings. The molecule has 0 aliphatic carbocycles. The van der Waals surface area contributed by atoms with Gasteiger partial charge in [-0.1, -0.05) is 54.6 Å². The Bertz CT molecular complexity index is 643. The van der Waals surface area contributed by atoms with Crippen LogP contribution in [0.2, 0.25) is 0 Å². The van der Waals surface area contributed by atoms with Gasteiger partial charge in [-0.2, -0.15) is 0 Å². The van der Waals surface area contributed by atoms with Crippen LogP contribution in [0, 0.1) is 0 Å². The summed E-state index contributed by atoms with van der Waals surface area (Å²) in [6.45, 7) is 2.35. The number of ether oxygens (including phenoxy) is 1. The molecule has 0 amide bonds. The summed E-state index contributed by atoms with van der Waals surface area (Å²) in [5, 5.41) is 0. The summed E-state index contributed by atoms with van der Waals surface area (Å²) in [4.78, 5) is 0. The number of likely N-dealkylation sites (tertiary alicyclic amines) is 1. The molecule has 0 spiro atoms. The van der Waals surface area contributed by atoms with Crippen LogP contribution >= 0.6 is 0 Å². The predicted octanol–water partition coefficient (Wildman–Crippen LogP) is 4.47. The van der Waals surface area contributed by atoms with Gasteiger partial charge < -0.3 is 9.22 Å². The zero-order valence-corrected chi connectivity index (χ0v) is 14.1. The van der Waals surface area contributed by atoms with Crippen LogP contribution in [0.15, 0.2) is 54.6 Å². The highest BCUT2D eigenvalue weighted by Crippen LogP contribution is 2.21. The van der Waals surface area contributed by atoms with Crippen molar-refractivity contribution in [2.45, 2.75) is 18.9 Å². The van der Waals surface area contributed by atoms with Crippen molar-refractivity contribution < 1.29 is 9.22 Å². The molecule has 1 saturated heterocycles. The fraction of sp³-hybridized carbons (Fsp3) is 0.333. The van der Waals surface area contributed by atoms with Crippen LogP contribution < -0.4 is 4.74 Å². The fourth-order valence-corrected chi connectivity index (χ4v) is 3.18. The van der Waals surface area contributed by atoms with Gasteiger partial charge in [-0.3, -0.25) is 0 Å². The lowest BCUT2D eigenvalue weighted by Gasteiger charge is -2.37. The van der Waals surface area contributed by atoms with Crippen LogP contribution in [0.5, 0.6) is 5.75 Å². The molecular formula is C21H26NO+. The highest BCUT2D eigenvalue weighted by atomic mass is 16.5. The van der Waals surface area contributed by atoms with Crippen LogP contribution in [-0.2, 0) is 0 Å². The first kappa shape index (κ1) is 15.8. The van der Waals surface area contributed by atoms with Crippen molar-refractivity contribution in [2.24, 2.45) is 0 Å². The van der Waals surface area contributed by atoms with E-state index in [0.29, 0.717) is 6.10 Å². The number of hydrogen-bond acceptors (Lipinski definition) is 1. The lowest BCUT2D eigenvalue weighted by Crippen LogP contribution is -2.51. The number of hydrogen-bond donors (Lipinski definition) is 0. The first-order valence-corrected chi connectivity index (χ1v) is 8.43. The zero-order valence-electron chi connectivity index (χ0n) is 14.1. The number of quaternary nitrogens is 1. The molecule has 1 fully saturated rings. The molecule has 2 aromatic carbocycles. The van der Waals surface area contributed by atoms with E-state index in [2.05, 4.69) is 74.8 Å². The normalized spacial score (nSPS) is 20.5. The molecule has 0 radical (unpaired) electrons. The Morgan fingerprint density at radius 3 is 2.22 bits per heavy atom. The molecule has 2 aromatic rings. The average molecular weight is 308 g/mol. The van der Waals surface area contributed by atoms with Crippen molar-refractivity contribution in [3.05, 3.63) is 65.7 Å². The van der Waals surface area contributed by atoms with E-state index in [9.17, 15) is 0 Å². The quantitative estimate of drug-likeness (QED) is 0.598. The summed E-state index contributed by atoms with van der Waals surface area (Å²) in [6.07, 6.45) is 7.02. The second-order valence-electron chi connectivity index (χ2n) is 7.04. The van der Waals surface area contributed by atoms with E-state index >= 15 is 0 Å². The SMILES string of the molecule is C[N+]1(C)CCCC(Oc2ccc(C=Cc3ccccc3)cc2)C1. The number of nitrogens with zero attached hydrogens (tertiary/aromatic N) is 1. The van der Waals surface area contributed by atoms with E-state index in [1.54, 1.807) is 0 Å². The van der Waals surface area contributed by atoms with Crippen LogP contribution in [0.1, 0.15) is 24.0 Å². The third-order valence-corrected chi connectivity index (χ3v) is 4.44. The maximum atomic E-state index is 6.17. The summed E-state index contributed by atoms with van der Waals surface area (Å²) >= 11 is 0. The minimum absolute atomic E-state index is 0.337. The van der Waals surface area contributed by atoms with E-state index in [-0.39, 0.29) is 0 Å². The second kappa shape index (κ2) is 7.01. The monoisotopic (exact) mass is 308 g/mol. The van der Waals surface area contributed by atoms with E-state index in [1.807, 2.05) is 6.07 Å². The van der Waals surface area contributed by atoms with Gasteiger partial charge in [0.1, 0.15) is 18.4 Å². The Balaban J connectivity index is 1.60. The molecule has 23 heavy (non-hydrogen) atoms. The molecule has 0 N–H and O–H groups in total. The highest BCUT2D eigenvalue weighted by molar-refractivity contribution is 5.69. The van der Waals surface area contributed by atoms with Crippen molar-refractivity contribution in [3.8, 4) is 5.75 Å². The average Bonchev–Trinajstić information content (AvgIpc) is 2.54. The zero-order chi connectivity index (χ0) is 16.1. The largest absolute Gasteiger partial charge is 0.485 e. The Morgan fingerprint density at radius 1 is 0.913 bits per heavy atom. The minimum Gasteiger partial charge on any atom is -0.485 e. The van der Waals surface area contributed by atoms with Gasteiger partial charge in [0.25, 0.3) is 0 Å². The number of likely N-dealkylation sites (N-methyl/N-ethyl adjacent to an activating group) is 1. The Labute approximate surface area is 139 Å².